The summed E-state index contributed by atoms with van der Waals surface area (Å²) in [4.78, 5) is 22.0. The number of hydrogen-bond acceptors (Lipinski definition) is 6. The summed E-state index contributed by atoms with van der Waals surface area (Å²) in [5.41, 5.74) is 3.95. The number of hydrogen-bond donors (Lipinski definition) is 3. The first-order valence-corrected chi connectivity index (χ1v) is 10.0. The Morgan fingerprint density at radius 2 is 2.00 bits per heavy atom. The monoisotopic (exact) mass is 410 g/mol. The van der Waals surface area contributed by atoms with Crippen molar-refractivity contribution < 1.29 is 14.4 Å². The third kappa shape index (κ3) is 3.29. The number of rotatable bonds is 6. The molecule has 3 heterocycles. The first-order chi connectivity index (χ1) is 14.5. The predicted octanol–water partition coefficient (Wildman–Crippen LogP) is 1.70. The van der Waals surface area contributed by atoms with Crippen LogP contribution in [0.25, 0.3) is 10.9 Å². The van der Waals surface area contributed by atoms with E-state index in [1.807, 2.05) is 17.7 Å². The van der Waals surface area contributed by atoms with Gasteiger partial charge in [0, 0.05) is 56.2 Å². The van der Waals surface area contributed by atoms with E-state index in [9.17, 15) is 9.18 Å². The fourth-order valence-corrected chi connectivity index (χ4v) is 4.74. The first kappa shape index (κ1) is 19.0. The molecule has 2 aromatic heterocycles. The molecule has 1 aliphatic carbocycles. The van der Waals surface area contributed by atoms with E-state index in [1.54, 1.807) is 11.5 Å². The van der Waals surface area contributed by atoms with Crippen LogP contribution in [0, 0.1) is 23.6 Å². The van der Waals surface area contributed by atoms with Crippen molar-refractivity contribution in [1.29, 1.82) is 0 Å². The van der Waals surface area contributed by atoms with Gasteiger partial charge in [-0.15, -0.1) is 0 Å². The third-order valence-corrected chi connectivity index (χ3v) is 6.39. The summed E-state index contributed by atoms with van der Waals surface area (Å²) in [6.45, 7) is 3.47. The third-order valence-electron chi connectivity index (χ3n) is 6.39. The van der Waals surface area contributed by atoms with E-state index in [-0.39, 0.29) is 11.4 Å². The van der Waals surface area contributed by atoms with Gasteiger partial charge in [-0.25, -0.2) is 19.8 Å². The molecule has 3 N–H and O–H groups in total. The van der Waals surface area contributed by atoms with Gasteiger partial charge >= 0.3 is 0 Å². The van der Waals surface area contributed by atoms with Crippen LogP contribution in [-0.4, -0.2) is 45.3 Å². The Kier molecular flexibility index (Phi) is 4.63. The van der Waals surface area contributed by atoms with Crippen LogP contribution >= 0.6 is 0 Å². The molecular weight excluding hydrogens is 387 g/mol. The van der Waals surface area contributed by atoms with Crippen LogP contribution in [0.5, 0.6) is 0 Å². The Morgan fingerprint density at radius 3 is 2.70 bits per heavy atom. The number of fused-ring (bicyclic) bond motifs is 2. The van der Waals surface area contributed by atoms with Crippen LogP contribution in [0.3, 0.4) is 0 Å². The number of halogens is 1. The Morgan fingerprint density at radius 1 is 1.27 bits per heavy atom. The highest BCUT2D eigenvalue weighted by atomic mass is 19.1. The minimum Gasteiger partial charge on any atom is -0.350 e. The lowest BCUT2D eigenvalue weighted by Gasteiger charge is -2.19. The van der Waals surface area contributed by atoms with E-state index in [2.05, 4.69) is 26.4 Å². The fraction of sp³-hybridized carbons (Fsp3) is 0.381. The average Bonchev–Trinajstić information content (AvgIpc) is 3.08. The maximum absolute atomic E-state index is 13.6. The normalized spacial score (nSPS) is 22.4. The molecule has 1 aliphatic heterocycles. The van der Waals surface area contributed by atoms with Crippen LogP contribution in [0.2, 0.25) is 0 Å². The largest absolute Gasteiger partial charge is 0.350 e. The molecule has 1 saturated heterocycles. The molecule has 1 amide bonds. The predicted molar refractivity (Wildman–Crippen MR) is 109 cm³/mol. The SMILES string of the molecule is Cn1cc(CNCC2C3CN(c4ncc(C(=O)NO)cn4)CC23)c2cc(F)ccc21. The van der Waals surface area contributed by atoms with Gasteiger partial charge in [0.05, 0.1) is 5.56 Å². The average molecular weight is 410 g/mol. The number of aromatic nitrogens is 3. The molecular formula is C21H23FN6O2. The highest BCUT2D eigenvalue weighted by Crippen LogP contribution is 2.51. The molecule has 2 unspecified atom stereocenters. The van der Waals surface area contributed by atoms with Gasteiger partial charge in [0.25, 0.3) is 5.91 Å². The van der Waals surface area contributed by atoms with Crippen molar-refractivity contribution in [2.45, 2.75) is 6.54 Å². The number of piperidine rings is 1. The Hall–Kier alpha value is -3.04. The van der Waals surface area contributed by atoms with Crippen LogP contribution in [-0.2, 0) is 13.6 Å². The van der Waals surface area contributed by atoms with Crippen molar-refractivity contribution in [2.24, 2.45) is 24.8 Å². The maximum atomic E-state index is 13.6. The van der Waals surface area contributed by atoms with Crippen molar-refractivity contribution in [3.05, 3.63) is 53.7 Å². The molecule has 2 fully saturated rings. The summed E-state index contributed by atoms with van der Waals surface area (Å²) in [6.07, 6.45) is 4.90. The number of nitrogens with zero attached hydrogens (tertiary/aromatic N) is 4. The fourth-order valence-electron chi connectivity index (χ4n) is 4.74. The number of anilines is 1. The molecule has 2 atom stereocenters. The summed E-state index contributed by atoms with van der Waals surface area (Å²) in [5, 5.41) is 13.2. The molecule has 1 saturated carbocycles. The minimum atomic E-state index is -0.620. The molecule has 9 heteroatoms. The zero-order valence-corrected chi connectivity index (χ0v) is 16.5. The van der Waals surface area contributed by atoms with E-state index >= 15 is 0 Å². The number of carbonyl (C=O) groups is 1. The topological polar surface area (TPSA) is 95.3 Å². The van der Waals surface area contributed by atoms with Crippen molar-refractivity contribution in [3.63, 3.8) is 0 Å². The maximum Gasteiger partial charge on any atom is 0.277 e. The van der Waals surface area contributed by atoms with Crippen LogP contribution in [0.4, 0.5) is 10.3 Å². The number of benzene rings is 1. The van der Waals surface area contributed by atoms with E-state index in [0.717, 1.165) is 42.6 Å². The zero-order valence-electron chi connectivity index (χ0n) is 16.5. The van der Waals surface area contributed by atoms with Gasteiger partial charge in [0.1, 0.15) is 5.82 Å². The van der Waals surface area contributed by atoms with Gasteiger partial charge in [-0.2, -0.15) is 0 Å². The lowest BCUT2D eigenvalue weighted by Crippen LogP contribution is -2.29. The summed E-state index contributed by atoms with van der Waals surface area (Å²) in [7, 11) is 1.98. The van der Waals surface area contributed by atoms with Crippen LogP contribution in [0.15, 0.2) is 36.8 Å². The highest BCUT2D eigenvalue weighted by molar-refractivity contribution is 5.92. The molecule has 1 aromatic carbocycles. The molecule has 0 spiro atoms. The van der Waals surface area contributed by atoms with Gasteiger partial charge in [-0.05, 0) is 48.1 Å². The minimum absolute atomic E-state index is 0.209. The number of carbonyl (C=O) groups excluding carboxylic acids is 1. The van der Waals surface area contributed by atoms with E-state index < -0.39 is 5.91 Å². The molecule has 5 rings (SSSR count). The zero-order chi connectivity index (χ0) is 20.8. The van der Waals surface area contributed by atoms with E-state index in [1.165, 1.54) is 18.5 Å². The molecule has 2 aliphatic rings. The standard InChI is InChI=1S/C21H23FN6O2/c1-27-9-13(15-4-14(22)2-3-19(15)27)5-23-8-16-17-10-28(11-18(16)17)21-24-6-12(7-25-21)20(29)26-30/h2-4,6-7,9,16-18,23,30H,5,8,10-11H2,1H3,(H,26,29). The number of nitrogens with one attached hydrogen (secondary N) is 2. The molecule has 8 nitrogen and oxygen atoms in total. The highest BCUT2D eigenvalue weighted by Gasteiger charge is 2.55. The summed E-state index contributed by atoms with van der Waals surface area (Å²) in [5.74, 6) is 1.65. The van der Waals surface area contributed by atoms with Crippen molar-refractivity contribution in [1.82, 2.24) is 25.3 Å². The van der Waals surface area contributed by atoms with E-state index in [0.29, 0.717) is 23.7 Å². The first-order valence-electron chi connectivity index (χ1n) is 10.0. The molecule has 3 aromatic rings. The lowest BCUT2D eigenvalue weighted by molar-refractivity contribution is 0.0705. The Balaban J connectivity index is 1.14. The number of amides is 1. The summed E-state index contributed by atoms with van der Waals surface area (Å²) < 4.78 is 15.7. The van der Waals surface area contributed by atoms with Crippen molar-refractivity contribution in [3.8, 4) is 0 Å². The van der Waals surface area contributed by atoms with Crippen LogP contribution in [0.1, 0.15) is 15.9 Å². The summed E-state index contributed by atoms with van der Waals surface area (Å²) >= 11 is 0. The van der Waals surface area contributed by atoms with Gasteiger partial charge in [0.15, 0.2) is 0 Å². The second kappa shape index (κ2) is 7.33. The van der Waals surface area contributed by atoms with Gasteiger partial charge in [-0.1, -0.05) is 0 Å². The van der Waals surface area contributed by atoms with Gasteiger partial charge < -0.3 is 14.8 Å². The smallest absolute Gasteiger partial charge is 0.277 e. The molecule has 30 heavy (non-hydrogen) atoms. The Bertz CT molecular complexity index is 1090. The van der Waals surface area contributed by atoms with E-state index in [4.69, 9.17) is 5.21 Å². The lowest BCUT2D eigenvalue weighted by atomic mass is 10.1. The molecule has 0 bridgehead atoms. The van der Waals surface area contributed by atoms with Gasteiger partial charge in [0.2, 0.25) is 5.95 Å². The van der Waals surface area contributed by atoms with Crippen molar-refractivity contribution >= 4 is 22.8 Å². The van der Waals surface area contributed by atoms with Crippen LogP contribution < -0.4 is 15.7 Å². The quantitative estimate of drug-likeness (QED) is 0.423. The molecule has 156 valence electrons. The second-order valence-electron chi connectivity index (χ2n) is 8.17. The summed E-state index contributed by atoms with van der Waals surface area (Å²) in [6, 6.07) is 4.92. The number of aryl methyl sites for hydroxylation is 1. The number of hydroxylamine groups is 1. The molecule has 0 radical (unpaired) electrons. The van der Waals surface area contributed by atoms with Crippen molar-refractivity contribution in [2.75, 3.05) is 24.5 Å². The van der Waals surface area contributed by atoms with Gasteiger partial charge in [-0.3, -0.25) is 10.0 Å². The second-order valence-corrected chi connectivity index (χ2v) is 8.17. The Labute approximate surface area is 172 Å².